The highest BCUT2D eigenvalue weighted by Crippen LogP contribution is 2.59. The van der Waals surface area contributed by atoms with Crippen molar-refractivity contribution in [2.75, 3.05) is 11.6 Å². The SMILES string of the molecule is CCC(C)(N)c1cnc(O[C@H](C)C[C@@H](C)S(C)(=O)=O)c2cnc(Nc3ccc4c(n3)C3(CC3)C(C)(C)OC4=O)cc12. The molecule has 220 valence electrons. The summed E-state index contributed by atoms with van der Waals surface area (Å²) in [6, 6.07) is 5.42. The number of ether oxygens (including phenoxy) is 2. The van der Waals surface area contributed by atoms with Gasteiger partial charge in [0, 0.05) is 30.6 Å². The number of rotatable bonds is 9. The maximum atomic E-state index is 12.7. The van der Waals surface area contributed by atoms with Gasteiger partial charge in [-0.2, -0.15) is 0 Å². The third-order valence-electron chi connectivity index (χ3n) is 8.87. The van der Waals surface area contributed by atoms with Crippen LogP contribution in [0.2, 0.25) is 0 Å². The summed E-state index contributed by atoms with van der Waals surface area (Å²) in [6.07, 6.45) is 7.08. The van der Waals surface area contributed by atoms with E-state index in [1.807, 2.05) is 40.7 Å². The molecule has 0 bridgehead atoms. The van der Waals surface area contributed by atoms with Crippen molar-refractivity contribution >= 4 is 38.2 Å². The molecule has 2 aliphatic rings. The molecular formula is C30H39N5O5S. The Balaban J connectivity index is 1.51. The smallest absolute Gasteiger partial charge is 0.340 e. The predicted molar refractivity (Wildman–Crippen MR) is 158 cm³/mol. The minimum absolute atomic E-state index is 0.274. The number of nitrogens with one attached hydrogen (secondary N) is 1. The molecule has 1 saturated carbocycles. The molecule has 5 rings (SSSR count). The second-order valence-electron chi connectivity index (χ2n) is 12.4. The Morgan fingerprint density at radius 3 is 2.49 bits per heavy atom. The van der Waals surface area contributed by atoms with Gasteiger partial charge in [-0.15, -0.1) is 0 Å². The minimum Gasteiger partial charge on any atom is -0.474 e. The highest BCUT2D eigenvalue weighted by molar-refractivity contribution is 7.91. The number of nitrogens with two attached hydrogens (primary N) is 1. The first kappa shape index (κ1) is 29.2. The Bertz CT molecular complexity index is 1630. The lowest BCUT2D eigenvalue weighted by Crippen LogP contribution is -2.46. The number of hydrogen-bond donors (Lipinski definition) is 2. The highest BCUT2D eigenvalue weighted by atomic mass is 32.2. The normalized spacial score (nSPS) is 20.0. The number of carbonyl (C=O) groups is 1. The van der Waals surface area contributed by atoms with Crippen molar-refractivity contribution in [3.8, 4) is 5.88 Å². The predicted octanol–water partition coefficient (Wildman–Crippen LogP) is 4.92. The minimum atomic E-state index is -3.19. The maximum Gasteiger partial charge on any atom is 0.340 e. The molecule has 1 spiro atoms. The van der Waals surface area contributed by atoms with E-state index in [0.29, 0.717) is 41.3 Å². The molecule has 10 nitrogen and oxygen atoms in total. The van der Waals surface area contributed by atoms with E-state index in [9.17, 15) is 13.2 Å². The van der Waals surface area contributed by atoms with Crippen LogP contribution in [-0.4, -0.2) is 52.5 Å². The Morgan fingerprint density at radius 2 is 1.85 bits per heavy atom. The van der Waals surface area contributed by atoms with E-state index >= 15 is 0 Å². The van der Waals surface area contributed by atoms with Crippen LogP contribution >= 0.6 is 0 Å². The molecule has 3 atom stereocenters. The van der Waals surface area contributed by atoms with Crippen molar-refractivity contribution in [2.45, 2.75) is 95.1 Å². The van der Waals surface area contributed by atoms with Gasteiger partial charge >= 0.3 is 5.97 Å². The monoisotopic (exact) mass is 581 g/mol. The number of pyridine rings is 3. The van der Waals surface area contributed by atoms with E-state index in [4.69, 9.17) is 20.2 Å². The van der Waals surface area contributed by atoms with E-state index in [0.717, 1.165) is 29.5 Å². The van der Waals surface area contributed by atoms with Crippen LogP contribution in [0, 0.1) is 0 Å². The summed E-state index contributed by atoms with van der Waals surface area (Å²) in [5, 5.41) is 4.27. The Kier molecular flexibility index (Phi) is 7.05. The molecule has 1 aliphatic heterocycles. The fourth-order valence-electron chi connectivity index (χ4n) is 5.62. The van der Waals surface area contributed by atoms with Gasteiger partial charge in [0.2, 0.25) is 5.88 Å². The van der Waals surface area contributed by atoms with Gasteiger partial charge in [-0.1, -0.05) is 6.92 Å². The van der Waals surface area contributed by atoms with Crippen LogP contribution in [0.3, 0.4) is 0 Å². The summed E-state index contributed by atoms with van der Waals surface area (Å²) < 4.78 is 35.8. The van der Waals surface area contributed by atoms with Crippen LogP contribution < -0.4 is 15.8 Å². The molecule has 1 fully saturated rings. The molecule has 3 aromatic rings. The van der Waals surface area contributed by atoms with E-state index in [1.165, 1.54) is 6.26 Å². The summed E-state index contributed by atoms with van der Waals surface area (Å²) in [4.78, 5) is 26.7. The van der Waals surface area contributed by atoms with E-state index in [-0.39, 0.29) is 17.5 Å². The molecule has 0 aromatic carbocycles. The number of cyclic esters (lactones) is 1. The zero-order valence-electron chi connectivity index (χ0n) is 24.7. The standard InChI is InChI=1S/C30H39N5O5S/c1-8-29(6,31)22-16-33-26(39-17(2)13-18(3)41(7,37)38)21-15-32-24(14-20(21)22)34-23-10-9-19-25(35-23)30(11-12-30)28(4,5)40-27(19)36/h9-10,14-18H,8,11-13,31H2,1-7H3,(H,32,34,35)/t17-,18-,29?/m1/s1. The fourth-order valence-corrected chi connectivity index (χ4v) is 6.24. The number of fused-ring (bicyclic) bond motifs is 3. The van der Waals surface area contributed by atoms with Crippen LogP contribution in [0.4, 0.5) is 11.6 Å². The lowest BCUT2D eigenvalue weighted by atomic mass is 9.80. The number of anilines is 2. The first-order valence-electron chi connectivity index (χ1n) is 14.0. The van der Waals surface area contributed by atoms with Gasteiger partial charge < -0.3 is 20.5 Å². The van der Waals surface area contributed by atoms with Gasteiger partial charge in [-0.05, 0) is 83.0 Å². The molecule has 11 heteroatoms. The first-order chi connectivity index (χ1) is 19.1. The molecular weight excluding hydrogens is 542 g/mol. The average molecular weight is 582 g/mol. The van der Waals surface area contributed by atoms with E-state index in [1.54, 1.807) is 31.5 Å². The average Bonchev–Trinajstić information content (AvgIpc) is 3.69. The van der Waals surface area contributed by atoms with Gasteiger partial charge in [0.05, 0.1) is 33.4 Å². The lowest BCUT2D eigenvalue weighted by molar-refractivity contribution is -0.0285. The molecule has 41 heavy (non-hydrogen) atoms. The maximum absolute atomic E-state index is 12.7. The first-order valence-corrected chi connectivity index (χ1v) is 16.0. The van der Waals surface area contributed by atoms with Crippen molar-refractivity contribution < 1.29 is 22.7 Å². The summed E-state index contributed by atoms with van der Waals surface area (Å²) in [7, 11) is -3.19. The summed E-state index contributed by atoms with van der Waals surface area (Å²) in [5.41, 5.74) is 7.24. The molecule has 3 N–H and O–H groups in total. The van der Waals surface area contributed by atoms with Gasteiger partial charge in [0.1, 0.15) is 27.1 Å². The van der Waals surface area contributed by atoms with E-state index in [2.05, 4.69) is 15.3 Å². The van der Waals surface area contributed by atoms with Crippen LogP contribution in [0.25, 0.3) is 10.8 Å². The molecule has 4 heterocycles. The molecule has 0 amide bonds. The topological polar surface area (TPSA) is 146 Å². The lowest BCUT2D eigenvalue weighted by Gasteiger charge is -2.39. The van der Waals surface area contributed by atoms with Gasteiger partial charge in [-0.3, -0.25) is 0 Å². The van der Waals surface area contributed by atoms with Crippen molar-refractivity contribution in [2.24, 2.45) is 5.73 Å². The van der Waals surface area contributed by atoms with Crippen molar-refractivity contribution in [3.05, 3.63) is 47.4 Å². The Labute approximate surface area is 241 Å². The Morgan fingerprint density at radius 1 is 1.15 bits per heavy atom. The van der Waals surface area contributed by atoms with Gasteiger partial charge in [0.15, 0.2) is 0 Å². The molecule has 0 saturated heterocycles. The van der Waals surface area contributed by atoms with Crippen LogP contribution in [-0.2, 0) is 25.5 Å². The molecule has 1 aliphatic carbocycles. The van der Waals surface area contributed by atoms with E-state index < -0.39 is 26.2 Å². The van der Waals surface area contributed by atoms with Gasteiger partial charge in [0.25, 0.3) is 0 Å². The van der Waals surface area contributed by atoms with Crippen molar-refractivity contribution in [1.82, 2.24) is 15.0 Å². The van der Waals surface area contributed by atoms with Gasteiger partial charge in [-0.25, -0.2) is 28.2 Å². The summed E-state index contributed by atoms with van der Waals surface area (Å²) >= 11 is 0. The number of hydrogen-bond acceptors (Lipinski definition) is 10. The zero-order chi connectivity index (χ0) is 30.0. The second-order valence-corrected chi connectivity index (χ2v) is 14.8. The fraction of sp³-hybridized carbons (Fsp3) is 0.533. The quantitative estimate of drug-likeness (QED) is 0.334. The van der Waals surface area contributed by atoms with Crippen LogP contribution in [0.1, 0.15) is 88.8 Å². The van der Waals surface area contributed by atoms with Crippen LogP contribution in [0.15, 0.2) is 30.6 Å². The Hall–Kier alpha value is -3.31. The largest absolute Gasteiger partial charge is 0.474 e. The zero-order valence-corrected chi connectivity index (χ0v) is 25.6. The summed E-state index contributed by atoms with van der Waals surface area (Å²) in [5.74, 6) is 1.15. The van der Waals surface area contributed by atoms with Crippen molar-refractivity contribution in [1.29, 1.82) is 0 Å². The molecule has 3 aromatic heterocycles. The third kappa shape index (κ3) is 5.25. The van der Waals surface area contributed by atoms with Crippen LogP contribution in [0.5, 0.6) is 5.88 Å². The highest BCUT2D eigenvalue weighted by Gasteiger charge is 2.63. The number of aromatic nitrogens is 3. The number of esters is 1. The summed E-state index contributed by atoms with van der Waals surface area (Å²) in [6.45, 7) is 11.4. The third-order valence-corrected chi connectivity index (χ3v) is 10.5. The second kappa shape index (κ2) is 9.90. The number of nitrogens with zero attached hydrogens (tertiary/aromatic N) is 3. The number of sulfone groups is 1. The molecule has 1 unspecified atom stereocenters. The number of carbonyl (C=O) groups excluding carboxylic acids is 1. The van der Waals surface area contributed by atoms with Crippen molar-refractivity contribution in [3.63, 3.8) is 0 Å². The molecule has 0 radical (unpaired) electrons.